The Kier molecular flexibility index (Phi) is 6.96. The van der Waals surface area contributed by atoms with Crippen molar-refractivity contribution in [3.05, 3.63) is 65.5 Å². The molecule has 4 aromatic rings. The average Bonchev–Trinajstić information content (AvgIpc) is 3.25. The van der Waals surface area contributed by atoms with Gasteiger partial charge in [0.05, 0.1) is 25.8 Å². The number of aromatic nitrogens is 1. The fraction of sp³-hybridized carbons (Fsp3) is 0.100. The van der Waals surface area contributed by atoms with Crippen LogP contribution in [-0.4, -0.2) is 21.5 Å². The summed E-state index contributed by atoms with van der Waals surface area (Å²) in [4.78, 5) is 7.87. The predicted octanol–water partition coefficient (Wildman–Crippen LogP) is 5.53. The Morgan fingerprint density at radius 1 is 0.968 bits per heavy atom. The lowest BCUT2D eigenvalue weighted by atomic mass is 10.1. The van der Waals surface area contributed by atoms with E-state index in [2.05, 4.69) is 4.98 Å². The SMILES string of the molecule is COc1ccc(-c2cc(=Nc3[nH+]ccs3)c3ccccc3o2)cc1OC.F[B-](F)(F)F. The standard InChI is InChI=1S/C20H16N2O3S.BF4/c1-23-17-8-7-13(11-19(17)24-2)18-12-15(22-20-21-9-10-26-20)14-5-3-4-6-16(14)25-18;2-1(3,4)5/h3-12H,1-2H3;/q;-1/p+1. The summed E-state index contributed by atoms with van der Waals surface area (Å²) in [5.74, 6) is 2.04. The average molecular weight is 452 g/mol. The van der Waals surface area contributed by atoms with Gasteiger partial charge in [0.25, 0.3) is 0 Å². The van der Waals surface area contributed by atoms with E-state index in [0.717, 1.165) is 27.0 Å². The van der Waals surface area contributed by atoms with E-state index in [0.29, 0.717) is 17.3 Å². The van der Waals surface area contributed by atoms with Crippen LogP contribution >= 0.6 is 11.3 Å². The number of ether oxygens (including phenoxy) is 2. The minimum atomic E-state index is -6.00. The van der Waals surface area contributed by atoms with Gasteiger partial charge in [0.15, 0.2) is 16.9 Å². The first-order chi connectivity index (χ1) is 14.8. The van der Waals surface area contributed by atoms with Crippen molar-refractivity contribution < 1.29 is 36.1 Å². The number of nitrogens with one attached hydrogen (secondary N) is 1. The molecule has 1 N–H and O–H groups in total. The third-order valence-corrected chi connectivity index (χ3v) is 4.70. The maximum absolute atomic E-state index is 9.75. The van der Waals surface area contributed by atoms with Crippen LogP contribution in [0, 0.1) is 0 Å². The zero-order valence-corrected chi connectivity index (χ0v) is 17.3. The summed E-state index contributed by atoms with van der Waals surface area (Å²) >= 11 is 1.55. The van der Waals surface area contributed by atoms with Gasteiger partial charge in [0, 0.05) is 17.0 Å². The van der Waals surface area contributed by atoms with Crippen molar-refractivity contribution in [1.29, 1.82) is 0 Å². The van der Waals surface area contributed by atoms with Gasteiger partial charge in [0.2, 0.25) is 0 Å². The molecule has 162 valence electrons. The van der Waals surface area contributed by atoms with Gasteiger partial charge in [0.1, 0.15) is 11.3 Å². The molecule has 31 heavy (non-hydrogen) atoms. The van der Waals surface area contributed by atoms with Crippen molar-refractivity contribution >= 4 is 34.7 Å². The molecule has 0 fully saturated rings. The molecule has 4 rings (SSSR count). The molecule has 0 amide bonds. The van der Waals surface area contributed by atoms with Crippen molar-refractivity contribution in [2.24, 2.45) is 4.99 Å². The highest BCUT2D eigenvalue weighted by Crippen LogP contribution is 2.32. The minimum absolute atomic E-state index is 0.651. The highest BCUT2D eigenvalue weighted by atomic mass is 32.1. The van der Waals surface area contributed by atoms with Crippen molar-refractivity contribution in [2.75, 3.05) is 14.2 Å². The van der Waals surface area contributed by atoms with Crippen LogP contribution in [0.4, 0.5) is 22.4 Å². The summed E-state index contributed by atoms with van der Waals surface area (Å²) in [6, 6.07) is 15.5. The number of thiazole rings is 1. The topological polar surface area (TPSA) is 58.1 Å². The highest BCUT2D eigenvalue weighted by Gasteiger charge is 2.20. The molecule has 0 spiro atoms. The molecule has 5 nitrogen and oxygen atoms in total. The van der Waals surface area contributed by atoms with Crippen LogP contribution in [-0.2, 0) is 0 Å². The quantitative estimate of drug-likeness (QED) is 0.303. The summed E-state index contributed by atoms with van der Waals surface area (Å²) in [6.45, 7) is 0. The van der Waals surface area contributed by atoms with Gasteiger partial charge >= 0.3 is 12.4 Å². The van der Waals surface area contributed by atoms with Crippen LogP contribution in [0.15, 0.2) is 69.5 Å². The van der Waals surface area contributed by atoms with Crippen molar-refractivity contribution in [1.82, 2.24) is 0 Å². The Hall–Kier alpha value is -3.34. The second kappa shape index (κ2) is 9.65. The van der Waals surface area contributed by atoms with Gasteiger partial charge in [-0.15, -0.1) is 0 Å². The Labute approximate surface area is 178 Å². The third-order valence-electron chi connectivity index (χ3n) is 4.00. The summed E-state index contributed by atoms with van der Waals surface area (Å²) in [5.41, 5.74) is 1.66. The van der Waals surface area contributed by atoms with Crippen LogP contribution in [0.2, 0.25) is 0 Å². The van der Waals surface area contributed by atoms with Crippen molar-refractivity contribution in [3.8, 4) is 22.8 Å². The van der Waals surface area contributed by atoms with Crippen LogP contribution in [0.25, 0.3) is 22.3 Å². The summed E-state index contributed by atoms with van der Waals surface area (Å²) in [5, 5.41) is 4.59. The van der Waals surface area contributed by atoms with Crippen LogP contribution in [0.1, 0.15) is 0 Å². The zero-order chi connectivity index (χ0) is 22.4. The molecule has 0 saturated carbocycles. The molecule has 0 aliphatic carbocycles. The lowest BCUT2D eigenvalue weighted by molar-refractivity contribution is -0.356. The van der Waals surface area contributed by atoms with Crippen LogP contribution < -0.4 is 19.8 Å². The number of halogens is 4. The molecular weight excluding hydrogens is 435 g/mol. The molecule has 0 saturated heterocycles. The number of hydrogen-bond acceptors (Lipinski definition) is 5. The summed E-state index contributed by atoms with van der Waals surface area (Å²) in [7, 11) is -2.76. The van der Waals surface area contributed by atoms with Gasteiger partial charge in [-0.3, -0.25) is 0 Å². The number of H-pyrrole nitrogens is 1. The Morgan fingerprint density at radius 2 is 1.68 bits per heavy atom. The number of aromatic amines is 1. The van der Waals surface area contributed by atoms with Crippen molar-refractivity contribution in [3.63, 3.8) is 0 Å². The molecule has 0 unspecified atom stereocenters. The van der Waals surface area contributed by atoms with Gasteiger partial charge < -0.3 is 31.2 Å². The number of rotatable bonds is 4. The van der Waals surface area contributed by atoms with E-state index < -0.39 is 7.25 Å². The fourth-order valence-electron chi connectivity index (χ4n) is 2.75. The number of methoxy groups -OCH3 is 2. The smallest absolute Gasteiger partial charge is 0.493 e. The summed E-state index contributed by atoms with van der Waals surface area (Å²) < 4.78 is 55.8. The zero-order valence-electron chi connectivity index (χ0n) is 16.4. The number of fused-ring (bicyclic) bond motifs is 1. The lowest BCUT2D eigenvalue weighted by Gasteiger charge is -2.09. The largest absolute Gasteiger partial charge is 0.673 e. The minimum Gasteiger partial charge on any atom is -0.493 e. The van der Waals surface area contributed by atoms with Gasteiger partial charge in [-0.1, -0.05) is 23.5 Å². The number of para-hydroxylation sites is 1. The van der Waals surface area contributed by atoms with E-state index >= 15 is 0 Å². The number of hydrogen-bond donors (Lipinski definition) is 0. The molecular formula is C20H17BF4N2O3S. The molecule has 11 heteroatoms. The first kappa shape index (κ1) is 22.4. The Balaban J connectivity index is 0.000000491. The van der Waals surface area contributed by atoms with E-state index in [1.54, 1.807) is 25.6 Å². The van der Waals surface area contributed by atoms with Gasteiger partial charge in [-0.2, -0.15) is 0 Å². The number of benzene rings is 2. The number of nitrogens with zero attached hydrogens (tertiary/aromatic N) is 1. The Morgan fingerprint density at radius 3 is 2.32 bits per heavy atom. The Bertz CT molecular complexity index is 1220. The fourth-order valence-corrected chi connectivity index (χ4v) is 3.30. The van der Waals surface area contributed by atoms with Gasteiger partial charge in [-0.25, -0.2) is 4.98 Å². The molecule has 0 bridgehead atoms. The van der Waals surface area contributed by atoms with Crippen LogP contribution in [0.3, 0.4) is 0 Å². The highest BCUT2D eigenvalue weighted by molar-refractivity contribution is 7.12. The molecule has 0 aliphatic rings. The third kappa shape index (κ3) is 6.08. The molecule has 0 atom stereocenters. The molecule has 2 aromatic heterocycles. The molecule has 0 radical (unpaired) electrons. The maximum Gasteiger partial charge on any atom is 0.673 e. The second-order valence-corrected chi connectivity index (χ2v) is 6.93. The molecule has 2 heterocycles. The van der Waals surface area contributed by atoms with Crippen molar-refractivity contribution in [2.45, 2.75) is 0 Å². The van der Waals surface area contributed by atoms with E-state index in [-0.39, 0.29) is 0 Å². The van der Waals surface area contributed by atoms with Gasteiger partial charge in [-0.05, 0) is 35.3 Å². The lowest BCUT2D eigenvalue weighted by Crippen LogP contribution is -2.05. The van der Waals surface area contributed by atoms with E-state index in [9.17, 15) is 17.3 Å². The van der Waals surface area contributed by atoms with E-state index in [4.69, 9.17) is 18.9 Å². The van der Waals surface area contributed by atoms with E-state index in [1.165, 1.54) is 0 Å². The first-order valence-electron chi connectivity index (χ1n) is 8.91. The van der Waals surface area contributed by atoms with E-state index in [1.807, 2.05) is 60.1 Å². The molecule has 2 aromatic carbocycles. The van der Waals surface area contributed by atoms with Crippen LogP contribution in [0.5, 0.6) is 11.5 Å². The maximum atomic E-state index is 9.75. The monoisotopic (exact) mass is 452 g/mol. The summed E-state index contributed by atoms with van der Waals surface area (Å²) in [6.07, 6.45) is 1.87. The predicted molar refractivity (Wildman–Crippen MR) is 111 cm³/mol. The molecule has 0 aliphatic heterocycles. The normalized spacial score (nSPS) is 11.7. The second-order valence-electron chi connectivity index (χ2n) is 6.04. The first-order valence-corrected chi connectivity index (χ1v) is 9.79.